The number of esters is 1. The van der Waals surface area contributed by atoms with Gasteiger partial charge in [0.15, 0.2) is 0 Å². The lowest BCUT2D eigenvalue weighted by atomic mass is 10.0. The molecule has 0 saturated carbocycles. The van der Waals surface area contributed by atoms with E-state index < -0.39 is 0 Å². The van der Waals surface area contributed by atoms with Crippen molar-refractivity contribution in [2.75, 3.05) is 13.7 Å². The van der Waals surface area contributed by atoms with Crippen LogP contribution in [0.3, 0.4) is 0 Å². The molecular weight excluding hydrogens is 142 g/mol. The second-order valence-corrected chi connectivity index (χ2v) is 2.62. The molecule has 3 nitrogen and oxygen atoms in total. The van der Waals surface area contributed by atoms with Crippen molar-refractivity contribution in [2.45, 2.75) is 26.8 Å². The highest BCUT2D eigenvalue weighted by molar-refractivity contribution is 5.72. The minimum absolute atomic E-state index is 0.0695. The van der Waals surface area contributed by atoms with Crippen LogP contribution >= 0.6 is 0 Å². The molecule has 0 saturated heterocycles. The lowest BCUT2D eigenvalue weighted by Gasteiger charge is -2.16. The largest absolute Gasteiger partial charge is 0.466 e. The number of nitrogens with one attached hydrogen (secondary N) is 1. The summed E-state index contributed by atoms with van der Waals surface area (Å²) >= 11 is 0. The first-order valence-corrected chi connectivity index (χ1v) is 3.97. The summed E-state index contributed by atoms with van der Waals surface area (Å²) in [7, 11) is 1.83. The van der Waals surface area contributed by atoms with Gasteiger partial charge < -0.3 is 10.1 Å². The Morgan fingerprint density at radius 2 is 2.09 bits per heavy atom. The molecule has 0 radical (unpaired) electrons. The van der Waals surface area contributed by atoms with Crippen LogP contribution in [0, 0.1) is 5.92 Å². The van der Waals surface area contributed by atoms with Crippen LogP contribution in [-0.4, -0.2) is 25.7 Å². The minimum Gasteiger partial charge on any atom is -0.466 e. The lowest BCUT2D eigenvalue weighted by Crippen LogP contribution is -2.34. The van der Waals surface area contributed by atoms with Gasteiger partial charge in [0.25, 0.3) is 0 Å². The van der Waals surface area contributed by atoms with Gasteiger partial charge in [0, 0.05) is 6.04 Å². The van der Waals surface area contributed by atoms with Crippen molar-refractivity contribution in [1.82, 2.24) is 5.32 Å². The summed E-state index contributed by atoms with van der Waals surface area (Å²) in [4.78, 5) is 11.1. The van der Waals surface area contributed by atoms with Crippen LogP contribution in [0.25, 0.3) is 0 Å². The molecule has 0 fully saturated rings. The molecule has 0 bridgehead atoms. The predicted octanol–water partition coefficient (Wildman–Crippen LogP) is 0.793. The molecule has 0 aliphatic rings. The third-order valence-corrected chi connectivity index (χ3v) is 1.86. The second-order valence-electron chi connectivity index (χ2n) is 2.62. The average Bonchev–Trinajstić information content (AvgIpc) is 2.02. The summed E-state index contributed by atoms with van der Waals surface area (Å²) in [5.74, 6) is -0.200. The first-order chi connectivity index (χ1) is 5.13. The highest BCUT2D eigenvalue weighted by Gasteiger charge is 2.19. The zero-order chi connectivity index (χ0) is 8.85. The summed E-state index contributed by atoms with van der Waals surface area (Å²) in [5.41, 5.74) is 0. The van der Waals surface area contributed by atoms with Crippen molar-refractivity contribution >= 4 is 5.97 Å². The van der Waals surface area contributed by atoms with E-state index in [1.807, 2.05) is 27.8 Å². The van der Waals surface area contributed by atoms with Gasteiger partial charge in [-0.05, 0) is 20.9 Å². The van der Waals surface area contributed by atoms with Gasteiger partial charge >= 0.3 is 5.97 Å². The van der Waals surface area contributed by atoms with Gasteiger partial charge in [-0.15, -0.1) is 0 Å². The fraction of sp³-hybridized carbons (Fsp3) is 0.875. The minimum atomic E-state index is -0.130. The monoisotopic (exact) mass is 159 g/mol. The standard InChI is InChI=1S/C8H17NO2/c1-5-11-8(10)6(2)7(3)9-4/h6-7,9H,5H2,1-4H3. The van der Waals surface area contributed by atoms with E-state index in [4.69, 9.17) is 4.74 Å². The molecule has 0 aromatic rings. The van der Waals surface area contributed by atoms with E-state index in [1.165, 1.54) is 0 Å². The maximum Gasteiger partial charge on any atom is 0.310 e. The zero-order valence-corrected chi connectivity index (χ0v) is 7.68. The highest BCUT2D eigenvalue weighted by atomic mass is 16.5. The Labute approximate surface area is 68.1 Å². The molecule has 0 aromatic carbocycles. The number of carbonyl (C=O) groups is 1. The zero-order valence-electron chi connectivity index (χ0n) is 7.68. The molecule has 2 unspecified atom stereocenters. The molecule has 2 atom stereocenters. The van der Waals surface area contributed by atoms with Crippen LogP contribution in [-0.2, 0) is 9.53 Å². The summed E-state index contributed by atoms with van der Waals surface area (Å²) in [6.45, 7) is 6.09. The van der Waals surface area contributed by atoms with E-state index in [2.05, 4.69) is 5.32 Å². The van der Waals surface area contributed by atoms with Gasteiger partial charge in [0.05, 0.1) is 12.5 Å². The molecule has 0 aliphatic carbocycles. The topological polar surface area (TPSA) is 38.3 Å². The molecular formula is C8H17NO2. The number of ether oxygens (including phenoxy) is 1. The Morgan fingerprint density at radius 3 is 2.45 bits per heavy atom. The van der Waals surface area contributed by atoms with Gasteiger partial charge in [-0.2, -0.15) is 0 Å². The summed E-state index contributed by atoms with van der Waals surface area (Å²) < 4.78 is 4.85. The number of hydrogen-bond donors (Lipinski definition) is 1. The van der Waals surface area contributed by atoms with Crippen LogP contribution in [0.5, 0.6) is 0 Å². The van der Waals surface area contributed by atoms with Crippen LogP contribution < -0.4 is 5.32 Å². The Kier molecular flexibility index (Phi) is 4.86. The first kappa shape index (κ1) is 10.4. The third-order valence-electron chi connectivity index (χ3n) is 1.86. The van der Waals surface area contributed by atoms with Crippen molar-refractivity contribution in [2.24, 2.45) is 5.92 Å². The van der Waals surface area contributed by atoms with E-state index in [1.54, 1.807) is 0 Å². The van der Waals surface area contributed by atoms with Gasteiger partial charge in [0.2, 0.25) is 0 Å². The number of carbonyl (C=O) groups excluding carboxylic acids is 1. The first-order valence-electron chi connectivity index (χ1n) is 3.97. The van der Waals surface area contributed by atoms with Crippen molar-refractivity contribution in [3.8, 4) is 0 Å². The van der Waals surface area contributed by atoms with E-state index in [0.29, 0.717) is 6.61 Å². The van der Waals surface area contributed by atoms with Crippen LogP contribution in [0.1, 0.15) is 20.8 Å². The van der Waals surface area contributed by atoms with Crippen molar-refractivity contribution < 1.29 is 9.53 Å². The van der Waals surface area contributed by atoms with Gasteiger partial charge in [-0.25, -0.2) is 0 Å². The molecule has 0 amide bonds. The Morgan fingerprint density at radius 1 is 1.55 bits per heavy atom. The summed E-state index contributed by atoms with van der Waals surface area (Å²) in [6.07, 6.45) is 0. The van der Waals surface area contributed by atoms with E-state index in [0.717, 1.165) is 0 Å². The Hall–Kier alpha value is -0.570. The van der Waals surface area contributed by atoms with Crippen LogP contribution in [0.15, 0.2) is 0 Å². The van der Waals surface area contributed by atoms with Crippen molar-refractivity contribution in [3.63, 3.8) is 0 Å². The molecule has 0 spiro atoms. The fourth-order valence-electron chi connectivity index (χ4n) is 0.728. The number of hydrogen-bond acceptors (Lipinski definition) is 3. The average molecular weight is 159 g/mol. The van der Waals surface area contributed by atoms with E-state index in [9.17, 15) is 4.79 Å². The molecule has 0 aliphatic heterocycles. The van der Waals surface area contributed by atoms with Crippen molar-refractivity contribution in [1.29, 1.82) is 0 Å². The summed E-state index contributed by atoms with van der Waals surface area (Å²) in [5, 5.41) is 3.00. The molecule has 0 aromatic heterocycles. The molecule has 11 heavy (non-hydrogen) atoms. The Bertz CT molecular complexity index is 125. The van der Waals surface area contributed by atoms with Crippen molar-refractivity contribution in [3.05, 3.63) is 0 Å². The van der Waals surface area contributed by atoms with Crippen LogP contribution in [0.2, 0.25) is 0 Å². The maximum absolute atomic E-state index is 11.1. The third kappa shape index (κ3) is 3.37. The molecule has 1 N–H and O–H groups in total. The van der Waals surface area contributed by atoms with Gasteiger partial charge in [-0.1, -0.05) is 6.92 Å². The van der Waals surface area contributed by atoms with E-state index >= 15 is 0 Å². The van der Waals surface area contributed by atoms with Crippen LogP contribution in [0.4, 0.5) is 0 Å². The predicted molar refractivity (Wildman–Crippen MR) is 44.3 cm³/mol. The quantitative estimate of drug-likeness (QED) is 0.616. The smallest absolute Gasteiger partial charge is 0.310 e. The Balaban J connectivity index is 3.80. The summed E-state index contributed by atoms with van der Waals surface area (Å²) in [6, 6.07) is 0.175. The second kappa shape index (κ2) is 5.13. The maximum atomic E-state index is 11.1. The molecule has 0 rings (SSSR count). The van der Waals surface area contributed by atoms with Gasteiger partial charge in [-0.3, -0.25) is 4.79 Å². The normalized spacial score (nSPS) is 15.6. The molecule has 3 heteroatoms. The highest BCUT2D eigenvalue weighted by Crippen LogP contribution is 2.03. The van der Waals surface area contributed by atoms with Gasteiger partial charge in [0.1, 0.15) is 0 Å². The fourth-order valence-corrected chi connectivity index (χ4v) is 0.728. The molecule has 0 heterocycles. The van der Waals surface area contributed by atoms with E-state index in [-0.39, 0.29) is 17.9 Å². The lowest BCUT2D eigenvalue weighted by molar-refractivity contribution is -0.148. The number of rotatable bonds is 4. The molecule has 66 valence electrons. The SMILES string of the molecule is CCOC(=O)C(C)C(C)NC.